The summed E-state index contributed by atoms with van der Waals surface area (Å²) in [5.74, 6) is -0.817. The van der Waals surface area contributed by atoms with Gasteiger partial charge in [0.1, 0.15) is 5.76 Å². The third-order valence-corrected chi connectivity index (χ3v) is 1.12. The van der Waals surface area contributed by atoms with Gasteiger partial charge in [0.25, 0.3) is 0 Å². The van der Waals surface area contributed by atoms with Gasteiger partial charge in [-0.3, -0.25) is 4.79 Å². The van der Waals surface area contributed by atoms with E-state index in [1.165, 1.54) is 12.3 Å². The molecule has 0 saturated heterocycles. The van der Waals surface area contributed by atoms with Crippen LogP contribution in [-0.4, -0.2) is 11.1 Å². The molecule has 0 bridgehead atoms. The Bertz CT molecular complexity index is 222. The summed E-state index contributed by atoms with van der Waals surface area (Å²) >= 11 is 0. The average molecular weight is 178 g/mol. The highest BCUT2D eigenvalue weighted by atomic mass is 35.5. The number of nitrogens with two attached hydrogens (primary N) is 1. The minimum atomic E-state index is -1.09. The number of halogens is 1. The van der Waals surface area contributed by atoms with E-state index in [4.69, 9.17) is 15.3 Å². The molecular formula is C6H8ClNO3. The molecule has 1 unspecified atom stereocenters. The van der Waals surface area contributed by atoms with Crippen LogP contribution in [0.3, 0.4) is 0 Å². The van der Waals surface area contributed by atoms with E-state index in [9.17, 15) is 4.79 Å². The minimum absolute atomic E-state index is 0. The maximum atomic E-state index is 10.2. The van der Waals surface area contributed by atoms with Crippen molar-refractivity contribution in [1.82, 2.24) is 0 Å². The monoisotopic (exact) mass is 177 g/mol. The third kappa shape index (κ3) is 2.25. The zero-order valence-corrected chi connectivity index (χ0v) is 6.38. The Balaban J connectivity index is 0.000001000. The topological polar surface area (TPSA) is 76.5 Å². The van der Waals surface area contributed by atoms with Gasteiger partial charge in [0.2, 0.25) is 0 Å². The van der Waals surface area contributed by atoms with Crippen LogP contribution in [0.25, 0.3) is 0 Å². The SMILES string of the molecule is Cl.NC(C(=O)O)c1ccco1. The number of aliphatic carboxylic acids is 1. The molecule has 0 spiro atoms. The summed E-state index contributed by atoms with van der Waals surface area (Å²) in [6, 6.07) is 2.08. The van der Waals surface area contributed by atoms with Crippen LogP contribution in [0, 0.1) is 0 Å². The van der Waals surface area contributed by atoms with Crippen LogP contribution in [-0.2, 0) is 4.79 Å². The molecule has 1 aromatic rings. The lowest BCUT2D eigenvalue weighted by atomic mass is 10.2. The van der Waals surface area contributed by atoms with Crippen LogP contribution < -0.4 is 5.73 Å². The Kier molecular flexibility index (Phi) is 3.64. The molecule has 0 aliphatic rings. The van der Waals surface area contributed by atoms with E-state index in [1.807, 2.05) is 0 Å². The average Bonchev–Trinajstić information content (AvgIpc) is 2.36. The standard InChI is InChI=1S/C6H7NO3.ClH/c7-5(6(8)9)4-2-1-3-10-4;/h1-3,5H,7H2,(H,8,9);1H. The Morgan fingerprint density at radius 1 is 1.73 bits per heavy atom. The molecule has 5 heteroatoms. The molecule has 0 aliphatic heterocycles. The van der Waals surface area contributed by atoms with Gasteiger partial charge in [0.05, 0.1) is 6.26 Å². The fourth-order valence-electron chi connectivity index (χ4n) is 0.590. The predicted molar refractivity (Wildman–Crippen MR) is 40.5 cm³/mol. The number of carboxylic acids is 1. The largest absolute Gasteiger partial charge is 0.480 e. The van der Waals surface area contributed by atoms with Crippen LogP contribution in [0.1, 0.15) is 11.8 Å². The van der Waals surface area contributed by atoms with Crippen LogP contribution in [0.4, 0.5) is 0 Å². The Hall–Kier alpha value is -1.00. The summed E-state index contributed by atoms with van der Waals surface area (Å²) in [4.78, 5) is 10.2. The van der Waals surface area contributed by atoms with E-state index < -0.39 is 12.0 Å². The number of hydrogen-bond acceptors (Lipinski definition) is 3. The molecule has 0 fully saturated rings. The Morgan fingerprint density at radius 2 is 2.36 bits per heavy atom. The normalized spacial score (nSPS) is 11.7. The van der Waals surface area contributed by atoms with Crippen molar-refractivity contribution in [2.24, 2.45) is 5.73 Å². The van der Waals surface area contributed by atoms with Gasteiger partial charge in [0, 0.05) is 0 Å². The summed E-state index contributed by atoms with van der Waals surface area (Å²) in [7, 11) is 0. The lowest BCUT2D eigenvalue weighted by Gasteiger charge is -1.99. The molecule has 3 N–H and O–H groups in total. The molecule has 0 amide bonds. The Morgan fingerprint density at radius 3 is 2.73 bits per heavy atom. The predicted octanol–water partition coefficient (Wildman–Crippen LogP) is 0.786. The number of carbonyl (C=O) groups is 1. The molecule has 62 valence electrons. The van der Waals surface area contributed by atoms with E-state index in [0.717, 1.165) is 0 Å². The molecule has 1 atom stereocenters. The molecule has 1 aromatic heterocycles. The summed E-state index contributed by atoms with van der Waals surface area (Å²) in [5.41, 5.74) is 5.19. The van der Waals surface area contributed by atoms with Crippen molar-refractivity contribution in [2.75, 3.05) is 0 Å². The van der Waals surface area contributed by atoms with Crippen molar-refractivity contribution in [3.63, 3.8) is 0 Å². The van der Waals surface area contributed by atoms with Crippen molar-refractivity contribution >= 4 is 18.4 Å². The maximum Gasteiger partial charge on any atom is 0.328 e. The van der Waals surface area contributed by atoms with E-state index in [1.54, 1.807) is 6.07 Å². The number of carboxylic acid groups (broad SMARTS) is 1. The summed E-state index contributed by atoms with van der Waals surface area (Å²) < 4.78 is 4.75. The van der Waals surface area contributed by atoms with Gasteiger partial charge in [-0.1, -0.05) is 0 Å². The quantitative estimate of drug-likeness (QED) is 0.700. The first-order valence-corrected chi connectivity index (χ1v) is 2.73. The summed E-state index contributed by atoms with van der Waals surface area (Å²) in [6.07, 6.45) is 1.39. The second-order valence-electron chi connectivity index (χ2n) is 1.83. The third-order valence-electron chi connectivity index (χ3n) is 1.12. The van der Waals surface area contributed by atoms with E-state index in [-0.39, 0.29) is 18.2 Å². The lowest BCUT2D eigenvalue weighted by Crippen LogP contribution is -2.19. The lowest BCUT2D eigenvalue weighted by molar-refractivity contribution is -0.139. The first-order valence-electron chi connectivity index (χ1n) is 2.73. The van der Waals surface area contributed by atoms with E-state index >= 15 is 0 Å². The smallest absolute Gasteiger partial charge is 0.328 e. The van der Waals surface area contributed by atoms with Crippen molar-refractivity contribution in [3.8, 4) is 0 Å². The summed E-state index contributed by atoms with van der Waals surface area (Å²) in [6.45, 7) is 0. The van der Waals surface area contributed by atoms with Gasteiger partial charge in [-0.2, -0.15) is 0 Å². The number of hydrogen-bond donors (Lipinski definition) is 2. The molecule has 1 heterocycles. The van der Waals surface area contributed by atoms with Crippen molar-refractivity contribution in [1.29, 1.82) is 0 Å². The molecule has 1 rings (SSSR count). The zero-order chi connectivity index (χ0) is 7.56. The summed E-state index contributed by atoms with van der Waals surface area (Å²) in [5, 5.41) is 8.37. The minimum Gasteiger partial charge on any atom is -0.480 e. The highest BCUT2D eigenvalue weighted by Crippen LogP contribution is 2.09. The van der Waals surface area contributed by atoms with Crippen LogP contribution >= 0.6 is 12.4 Å². The Labute approximate surface area is 69.4 Å². The van der Waals surface area contributed by atoms with Gasteiger partial charge < -0.3 is 15.3 Å². The van der Waals surface area contributed by atoms with E-state index in [2.05, 4.69) is 0 Å². The fraction of sp³-hybridized carbons (Fsp3) is 0.167. The molecule has 4 nitrogen and oxygen atoms in total. The molecule has 0 radical (unpaired) electrons. The van der Waals surface area contributed by atoms with Crippen molar-refractivity contribution < 1.29 is 14.3 Å². The van der Waals surface area contributed by atoms with Gasteiger partial charge in [-0.15, -0.1) is 12.4 Å². The van der Waals surface area contributed by atoms with Crippen molar-refractivity contribution in [2.45, 2.75) is 6.04 Å². The van der Waals surface area contributed by atoms with Gasteiger partial charge in [-0.05, 0) is 12.1 Å². The second-order valence-corrected chi connectivity index (χ2v) is 1.83. The van der Waals surface area contributed by atoms with Crippen LogP contribution in [0.2, 0.25) is 0 Å². The molecule has 0 aliphatic carbocycles. The highest BCUT2D eigenvalue weighted by Gasteiger charge is 2.15. The fourth-order valence-corrected chi connectivity index (χ4v) is 0.590. The maximum absolute atomic E-state index is 10.2. The zero-order valence-electron chi connectivity index (χ0n) is 5.56. The molecule has 0 aromatic carbocycles. The molecular weight excluding hydrogens is 170 g/mol. The first-order chi connectivity index (χ1) is 4.72. The number of rotatable bonds is 2. The van der Waals surface area contributed by atoms with Crippen molar-refractivity contribution in [3.05, 3.63) is 24.2 Å². The van der Waals surface area contributed by atoms with Crippen LogP contribution in [0.5, 0.6) is 0 Å². The molecule has 0 saturated carbocycles. The van der Waals surface area contributed by atoms with Gasteiger partial charge in [0.15, 0.2) is 6.04 Å². The first kappa shape index (κ1) is 10.0. The second kappa shape index (κ2) is 4.00. The van der Waals surface area contributed by atoms with E-state index in [0.29, 0.717) is 0 Å². The van der Waals surface area contributed by atoms with Gasteiger partial charge >= 0.3 is 5.97 Å². The number of furan rings is 1. The molecule has 11 heavy (non-hydrogen) atoms. The van der Waals surface area contributed by atoms with Crippen LogP contribution in [0.15, 0.2) is 22.8 Å². The highest BCUT2D eigenvalue weighted by molar-refractivity contribution is 5.85. The van der Waals surface area contributed by atoms with Gasteiger partial charge in [-0.25, -0.2) is 0 Å².